The Bertz CT molecular complexity index is 270. The van der Waals surface area contributed by atoms with E-state index in [0.717, 1.165) is 0 Å². The van der Waals surface area contributed by atoms with Gasteiger partial charge in [0.25, 0.3) is 0 Å². The van der Waals surface area contributed by atoms with Crippen molar-refractivity contribution in [1.82, 2.24) is 0 Å². The Morgan fingerprint density at radius 1 is 1.24 bits per heavy atom. The van der Waals surface area contributed by atoms with E-state index in [9.17, 15) is 0 Å². The van der Waals surface area contributed by atoms with Gasteiger partial charge in [-0.2, -0.15) is 0 Å². The van der Waals surface area contributed by atoms with Crippen LogP contribution in [0.4, 0.5) is 0 Å². The zero-order chi connectivity index (χ0) is 13.5. The molecule has 0 atom stereocenters. The van der Waals surface area contributed by atoms with E-state index in [1.54, 1.807) is 0 Å². The van der Waals surface area contributed by atoms with E-state index in [-0.39, 0.29) is 5.04 Å². The minimum Gasteiger partial charge on any atom is -0.474 e. The molecule has 0 aromatic rings. The van der Waals surface area contributed by atoms with Crippen LogP contribution in [0.3, 0.4) is 0 Å². The summed E-state index contributed by atoms with van der Waals surface area (Å²) >= 11 is 6.37. The summed E-state index contributed by atoms with van der Waals surface area (Å²) in [6.45, 7) is 12.4. The molecule has 2 nitrogen and oxygen atoms in total. The second kappa shape index (κ2) is 7.56. The molecule has 0 saturated carbocycles. The molecule has 0 heterocycles. The van der Waals surface area contributed by atoms with Gasteiger partial charge in [0.2, 0.25) is 4.38 Å². The Morgan fingerprint density at radius 3 is 2.24 bits per heavy atom. The molecule has 0 aliphatic carbocycles. The summed E-state index contributed by atoms with van der Waals surface area (Å²) in [6, 6.07) is 0. The molecule has 100 valence electrons. The minimum absolute atomic E-state index is 0.262. The Kier molecular flexibility index (Phi) is 7.63. The van der Waals surface area contributed by atoms with Crippen molar-refractivity contribution in [3.05, 3.63) is 12.2 Å². The molecule has 0 saturated heterocycles. The fourth-order valence-corrected chi connectivity index (χ4v) is 1.98. The van der Waals surface area contributed by atoms with E-state index in [1.165, 1.54) is 11.8 Å². The van der Waals surface area contributed by atoms with Crippen molar-refractivity contribution in [2.24, 2.45) is 0 Å². The molecule has 0 aliphatic heterocycles. The van der Waals surface area contributed by atoms with E-state index in [2.05, 4.69) is 33.9 Å². The lowest BCUT2D eigenvalue weighted by atomic mass is 10.2. The van der Waals surface area contributed by atoms with Crippen molar-refractivity contribution < 1.29 is 9.16 Å². The van der Waals surface area contributed by atoms with Crippen molar-refractivity contribution in [2.75, 3.05) is 19.5 Å². The van der Waals surface area contributed by atoms with Gasteiger partial charge in [-0.05, 0) is 42.7 Å². The number of rotatable bonds is 5. The third-order valence-electron chi connectivity index (χ3n) is 2.98. The summed E-state index contributed by atoms with van der Waals surface area (Å²) in [5.41, 5.74) is 0. The monoisotopic (exact) mass is 292 g/mol. The highest BCUT2D eigenvalue weighted by Crippen LogP contribution is 2.36. The maximum atomic E-state index is 5.99. The summed E-state index contributed by atoms with van der Waals surface area (Å²) < 4.78 is 11.8. The molecule has 0 aromatic heterocycles. The second-order valence-electron chi connectivity index (χ2n) is 5.31. The van der Waals surface area contributed by atoms with Crippen LogP contribution in [0.1, 0.15) is 20.8 Å². The molecule has 0 fully saturated rings. The number of hydrogen-bond donors (Lipinski definition) is 0. The predicted octanol–water partition coefficient (Wildman–Crippen LogP) is 4.23. The summed E-state index contributed by atoms with van der Waals surface area (Å²) in [7, 11) is -1.62. The van der Waals surface area contributed by atoms with Crippen LogP contribution >= 0.6 is 24.0 Å². The fraction of sp³-hybridized carbons (Fsp3) is 0.750. The first-order chi connectivity index (χ1) is 7.70. The van der Waals surface area contributed by atoms with Crippen molar-refractivity contribution in [3.8, 4) is 0 Å². The molecule has 0 aromatic carbocycles. The third kappa shape index (κ3) is 7.23. The van der Waals surface area contributed by atoms with Crippen LogP contribution in [0.2, 0.25) is 18.1 Å². The van der Waals surface area contributed by atoms with Gasteiger partial charge in [-0.25, -0.2) is 0 Å². The van der Waals surface area contributed by atoms with Crippen molar-refractivity contribution in [1.29, 1.82) is 0 Å². The molecular formula is C12H24O2S2Si. The van der Waals surface area contributed by atoms with Crippen LogP contribution in [0.5, 0.6) is 0 Å². The largest absolute Gasteiger partial charge is 0.474 e. The smallest absolute Gasteiger partial charge is 0.220 e. The first-order valence-electron chi connectivity index (χ1n) is 5.70. The van der Waals surface area contributed by atoms with E-state index in [4.69, 9.17) is 21.4 Å². The molecular weight excluding hydrogens is 268 g/mol. The average molecular weight is 293 g/mol. The third-order valence-corrected chi connectivity index (χ3v) is 8.55. The van der Waals surface area contributed by atoms with Crippen LogP contribution < -0.4 is 0 Å². The Hall–Kier alpha value is 0.157. The molecule has 0 rings (SSSR count). The highest BCUT2D eigenvalue weighted by atomic mass is 32.2. The fourth-order valence-electron chi connectivity index (χ4n) is 0.784. The van der Waals surface area contributed by atoms with Gasteiger partial charge in [-0.1, -0.05) is 38.6 Å². The number of ether oxygens (including phenoxy) is 1. The Balaban J connectivity index is 3.84. The van der Waals surface area contributed by atoms with Gasteiger partial charge in [0.05, 0.1) is 6.61 Å². The van der Waals surface area contributed by atoms with Crippen LogP contribution in [0.15, 0.2) is 12.2 Å². The first-order valence-corrected chi connectivity index (χ1v) is 10.2. The maximum Gasteiger partial charge on any atom is 0.220 e. The topological polar surface area (TPSA) is 18.5 Å². The van der Waals surface area contributed by atoms with Gasteiger partial charge < -0.3 is 9.16 Å². The summed E-state index contributed by atoms with van der Waals surface area (Å²) in [5.74, 6) is 0. The molecule has 0 amide bonds. The van der Waals surface area contributed by atoms with Crippen molar-refractivity contribution >= 4 is 36.7 Å². The number of thiocarbonyl (C=S) groups is 1. The van der Waals surface area contributed by atoms with Crippen LogP contribution in [0.25, 0.3) is 0 Å². The highest BCUT2D eigenvalue weighted by molar-refractivity contribution is 8.22. The number of hydrogen-bond acceptors (Lipinski definition) is 4. The number of thioether (sulfide) groups is 1. The van der Waals surface area contributed by atoms with Gasteiger partial charge in [-0.15, -0.1) is 0 Å². The molecule has 0 spiro atoms. The molecule has 5 heteroatoms. The summed E-state index contributed by atoms with van der Waals surface area (Å²) in [6.07, 6.45) is 5.87. The normalized spacial score (nSPS) is 13.1. The zero-order valence-electron chi connectivity index (χ0n) is 11.7. The standard InChI is InChI=1S/C12H24O2S2Si/c1-12(2,3)17(5,6)14-10-8-7-9-13-11(15)16-4/h7-8H,9-10H2,1-6H3/b8-7-. The highest BCUT2D eigenvalue weighted by Gasteiger charge is 2.36. The first kappa shape index (κ1) is 17.2. The van der Waals surface area contributed by atoms with Crippen LogP contribution in [-0.2, 0) is 9.16 Å². The van der Waals surface area contributed by atoms with Crippen molar-refractivity contribution in [2.45, 2.75) is 38.9 Å². The lowest BCUT2D eigenvalue weighted by molar-refractivity contribution is 0.325. The molecule has 0 radical (unpaired) electrons. The molecule has 0 bridgehead atoms. The molecule has 17 heavy (non-hydrogen) atoms. The van der Waals surface area contributed by atoms with Gasteiger partial charge in [0.1, 0.15) is 6.61 Å². The van der Waals surface area contributed by atoms with Crippen LogP contribution in [-0.4, -0.2) is 32.2 Å². The van der Waals surface area contributed by atoms with E-state index in [0.29, 0.717) is 17.6 Å². The lowest BCUT2D eigenvalue weighted by Gasteiger charge is -2.35. The Morgan fingerprint density at radius 2 is 1.76 bits per heavy atom. The molecule has 0 unspecified atom stereocenters. The summed E-state index contributed by atoms with van der Waals surface area (Å²) in [4.78, 5) is 0. The second-order valence-corrected chi connectivity index (χ2v) is 11.5. The van der Waals surface area contributed by atoms with Gasteiger partial charge in [0, 0.05) is 0 Å². The van der Waals surface area contributed by atoms with Crippen molar-refractivity contribution in [3.63, 3.8) is 0 Å². The lowest BCUT2D eigenvalue weighted by Crippen LogP contribution is -2.40. The SMILES string of the molecule is CSC(=S)OC/C=C\CO[Si](C)(C)C(C)(C)C. The minimum atomic E-state index is -1.62. The summed E-state index contributed by atoms with van der Waals surface area (Å²) in [5, 5.41) is 0.262. The Labute approximate surface area is 116 Å². The van der Waals surface area contributed by atoms with Gasteiger partial charge in [-0.3, -0.25) is 0 Å². The zero-order valence-corrected chi connectivity index (χ0v) is 14.3. The quantitative estimate of drug-likeness (QED) is 0.429. The average Bonchev–Trinajstić information content (AvgIpc) is 2.21. The van der Waals surface area contributed by atoms with E-state index in [1.807, 2.05) is 18.4 Å². The molecule has 0 N–H and O–H groups in total. The van der Waals surface area contributed by atoms with E-state index < -0.39 is 8.32 Å². The maximum absolute atomic E-state index is 5.99. The molecule has 0 aliphatic rings. The van der Waals surface area contributed by atoms with Crippen LogP contribution in [0, 0.1) is 0 Å². The van der Waals surface area contributed by atoms with Gasteiger partial charge >= 0.3 is 0 Å². The predicted molar refractivity (Wildman–Crippen MR) is 84.4 cm³/mol. The van der Waals surface area contributed by atoms with Gasteiger partial charge in [0.15, 0.2) is 8.32 Å². The van der Waals surface area contributed by atoms with E-state index >= 15 is 0 Å².